The monoisotopic (exact) mass is 419 g/mol. The fourth-order valence-corrected chi connectivity index (χ4v) is 2.23. The highest BCUT2D eigenvalue weighted by molar-refractivity contribution is 14.0. The van der Waals surface area contributed by atoms with Crippen molar-refractivity contribution >= 4 is 35.8 Å². The zero-order valence-corrected chi connectivity index (χ0v) is 15.8. The number of halogens is 1. The SMILES string of the molecule is CN=C(NCc1cccc(N(C)C)n1)NCC1CCCO1.I. The molecule has 0 radical (unpaired) electrons. The molecule has 1 saturated heterocycles. The molecular formula is C15H26IN5O. The third-order valence-corrected chi connectivity index (χ3v) is 3.43. The number of anilines is 1. The van der Waals surface area contributed by atoms with Gasteiger partial charge in [0.2, 0.25) is 0 Å². The third-order valence-electron chi connectivity index (χ3n) is 3.43. The summed E-state index contributed by atoms with van der Waals surface area (Å²) in [5.41, 5.74) is 0.987. The van der Waals surface area contributed by atoms with Crippen molar-refractivity contribution in [3.05, 3.63) is 23.9 Å². The van der Waals surface area contributed by atoms with Crippen molar-refractivity contribution in [2.24, 2.45) is 4.99 Å². The lowest BCUT2D eigenvalue weighted by Gasteiger charge is -2.16. The van der Waals surface area contributed by atoms with Gasteiger partial charge in [-0.1, -0.05) is 6.07 Å². The molecule has 0 spiro atoms. The van der Waals surface area contributed by atoms with Gasteiger partial charge in [-0.05, 0) is 25.0 Å². The number of pyridine rings is 1. The van der Waals surface area contributed by atoms with Crippen LogP contribution in [0.5, 0.6) is 0 Å². The standard InChI is InChI=1S/C15H25N5O.HI/c1-16-15(18-11-13-7-5-9-21-13)17-10-12-6-4-8-14(19-12)20(2)3;/h4,6,8,13H,5,7,9-11H2,1-3H3,(H2,16,17,18);1H. The fraction of sp³-hybridized carbons (Fsp3) is 0.600. The molecule has 0 saturated carbocycles. The summed E-state index contributed by atoms with van der Waals surface area (Å²) in [6.07, 6.45) is 2.58. The van der Waals surface area contributed by atoms with Crippen molar-refractivity contribution in [2.45, 2.75) is 25.5 Å². The van der Waals surface area contributed by atoms with Gasteiger partial charge in [0.15, 0.2) is 5.96 Å². The molecule has 22 heavy (non-hydrogen) atoms. The number of nitrogens with one attached hydrogen (secondary N) is 2. The summed E-state index contributed by atoms with van der Waals surface area (Å²) >= 11 is 0. The molecule has 2 rings (SSSR count). The number of aromatic nitrogens is 1. The average Bonchev–Trinajstić information content (AvgIpc) is 3.01. The number of aliphatic imine (C=N–C) groups is 1. The summed E-state index contributed by atoms with van der Waals surface area (Å²) in [4.78, 5) is 10.8. The second-order valence-electron chi connectivity index (χ2n) is 5.32. The van der Waals surface area contributed by atoms with Crippen LogP contribution in [0, 0.1) is 0 Å². The Hall–Kier alpha value is -1.09. The number of hydrogen-bond acceptors (Lipinski definition) is 4. The van der Waals surface area contributed by atoms with E-state index in [1.54, 1.807) is 7.05 Å². The van der Waals surface area contributed by atoms with E-state index in [1.807, 2.05) is 37.2 Å². The normalized spacial score (nSPS) is 17.8. The van der Waals surface area contributed by atoms with Gasteiger partial charge in [-0.25, -0.2) is 4.98 Å². The van der Waals surface area contributed by atoms with Crippen LogP contribution in [0.3, 0.4) is 0 Å². The van der Waals surface area contributed by atoms with E-state index >= 15 is 0 Å². The molecule has 1 atom stereocenters. The Morgan fingerprint density at radius 2 is 2.23 bits per heavy atom. The van der Waals surface area contributed by atoms with E-state index in [1.165, 1.54) is 0 Å². The van der Waals surface area contributed by atoms with E-state index in [9.17, 15) is 0 Å². The van der Waals surface area contributed by atoms with Crippen molar-refractivity contribution in [3.8, 4) is 0 Å². The zero-order chi connectivity index (χ0) is 15.1. The Morgan fingerprint density at radius 1 is 1.41 bits per heavy atom. The minimum absolute atomic E-state index is 0. The maximum Gasteiger partial charge on any atom is 0.191 e. The summed E-state index contributed by atoms with van der Waals surface area (Å²) < 4.78 is 5.59. The molecule has 0 bridgehead atoms. The summed E-state index contributed by atoms with van der Waals surface area (Å²) in [5, 5.41) is 6.57. The molecule has 1 aliphatic rings. The molecule has 1 aromatic heterocycles. The van der Waals surface area contributed by atoms with Crippen LogP contribution < -0.4 is 15.5 Å². The lowest BCUT2D eigenvalue weighted by atomic mass is 10.2. The van der Waals surface area contributed by atoms with Crippen LogP contribution in [0.15, 0.2) is 23.2 Å². The Morgan fingerprint density at radius 3 is 2.86 bits per heavy atom. The van der Waals surface area contributed by atoms with Crippen LogP contribution in [0.4, 0.5) is 5.82 Å². The van der Waals surface area contributed by atoms with Crippen LogP contribution in [0.2, 0.25) is 0 Å². The number of hydrogen-bond donors (Lipinski definition) is 2. The van der Waals surface area contributed by atoms with E-state index in [0.717, 1.165) is 43.5 Å². The molecule has 1 fully saturated rings. The number of ether oxygens (including phenoxy) is 1. The van der Waals surface area contributed by atoms with Crippen molar-refractivity contribution in [2.75, 3.05) is 39.2 Å². The molecule has 0 aliphatic carbocycles. The molecular weight excluding hydrogens is 393 g/mol. The van der Waals surface area contributed by atoms with E-state index in [4.69, 9.17) is 4.74 Å². The highest BCUT2D eigenvalue weighted by Gasteiger charge is 2.15. The Balaban J connectivity index is 0.00000242. The van der Waals surface area contributed by atoms with Gasteiger partial charge >= 0.3 is 0 Å². The molecule has 7 heteroatoms. The Kier molecular flexibility index (Phi) is 8.47. The minimum Gasteiger partial charge on any atom is -0.376 e. The summed E-state index contributed by atoms with van der Waals surface area (Å²) in [5.74, 6) is 1.74. The average molecular weight is 419 g/mol. The molecule has 1 unspecified atom stereocenters. The van der Waals surface area contributed by atoms with Crippen LogP contribution >= 0.6 is 24.0 Å². The number of rotatable bonds is 5. The first kappa shape index (κ1) is 19.0. The van der Waals surface area contributed by atoms with E-state index in [0.29, 0.717) is 12.6 Å². The quantitative estimate of drug-likeness (QED) is 0.432. The van der Waals surface area contributed by atoms with Crippen molar-refractivity contribution in [1.29, 1.82) is 0 Å². The molecule has 1 aliphatic heterocycles. The first-order chi connectivity index (χ1) is 10.2. The van der Waals surface area contributed by atoms with Gasteiger partial charge in [0, 0.05) is 34.3 Å². The maximum absolute atomic E-state index is 5.59. The number of nitrogens with zero attached hydrogens (tertiary/aromatic N) is 3. The van der Waals surface area contributed by atoms with Crippen molar-refractivity contribution in [3.63, 3.8) is 0 Å². The molecule has 124 valence electrons. The lowest BCUT2D eigenvalue weighted by Crippen LogP contribution is -2.40. The van der Waals surface area contributed by atoms with Gasteiger partial charge in [-0.2, -0.15) is 0 Å². The molecule has 2 N–H and O–H groups in total. The van der Waals surface area contributed by atoms with Gasteiger partial charge < -0.3 is 20.3 Å². The Bertz CT molecular complexity index is 475. The predicted molar refractivity (Wildman–Crippen MR) is 101 cm³/mol. The van der Waals surface area contributed by atoms with Crippen LogP contribution in [0.1, 0.15) is 18.5 Å². The lowest BCUT2D eigenvalue weighted by molar-refractivity contribution is 0.114. The van der Waals surface area contributed by atoms with Crippen molar-refractivity contribution in [1.82, 2.24) is 15.6 Å². The van der Waals surface area contributed by atoms with E-state index < -0.39 is 0 Å². The third kappa shape index (κ3) is 5.96. The molecule has 2 heterocycles. The number of guanidine groups is 1. The van der Waals surface area contributed by atoms with Gasteiger partial charge in [0.25, 0.3) is 0 Å². The first-order valence-corrected chi connectivity index (χ1v) is 7.38. The van der Waals surface area contributed by atoms with Crippen LogP contribution in [-0.4, -0.2) is 51.3 Å². The predicted octanol–water partition coefficient (Wildman–Crippen LogP) is 1.61. The van der Waals surface area contributed by atoms with Crippen LogP contribution in [-0.2, 0) is 11.3 Å². The van der Waals surface area contributed by atoms with Gasteiger partial charge in [0.1, 0.15) is 5.82 Å². The molecule has 6 nitrogen and oxygen atoms in total. The highest BCUT2D eigenvalue weighted by atomic mass is 127. The summed E-state index contributed by atoms with van der Waals surface area (Å²) in [6, 6.07) is 6.02. The second kappa shape index (κ2) is 9.83. The van der Waals surface area contributed by atoms with Gasteiger partial charge in [-0.3, -0.25) is 4.99 Å². The first-order valence-electron chi connectivity index (χ1n) is 7.38. The van der Waals surface area contributed by atoms with E-state index in [-0.39, 0.29) is 24.0 Å². The highest BCUT2D eigenvalue weighted by Crippen LogP contribution is 2.10. The maximum atomic E-state index is 5.59. The van der Waals surface area contributed by atoms with E-state index in [2.05, 4.69) is 20.6 Å². The second-order valence-corrected chi connectivity index (χ2v) is 5.32. The van der Waals surface area contributed by atoms with Gasteiger partial charge in [0.05, 0.1) is 18.3 Å². The molecule has 0 amide bonds. The van der Waals surface area contributed by atoms with Crippen molar-refractivity contribution < 1.29 is 4.74 Å². The molecule has 1 aromatic rings. The molecule has 0 aromatic carbocycles. The minimum atomic E-state index is 0. The smallest absolute Gasteiger partial charge is 0.191 e. The summed E-state index contributed by atoms with van der Waals surface area (Å²) in [7, 11) is 5.75. The Labute approximate surface area is 149 Å². The topological polar surface area (TPSA) is 61.8 Å². The fourth-order valence-electron chi connectivity index (χ4n) is 2.23. The van der Waals surface area contributed by atoms with Gasteiger partial charge in [-0.15, -0.1) is 24.0 Å². The summed E-state index contributed by atoms with van der Waals surface area (Å²) in [6.45, 7) is 2.32. The van der Waals surface area contributed by atoms with Crippen LogP contribution in [0.25, 0.3) is 0 Å². The largest absolute Gasteiger partial charge is 0.376 e. The zero-order valence-electron chi connectivity index (χ0n) is 13.5.